The van der Waals surface area contributed by atoms with E-state index >= 15 is 0 Å². The maximum atomic E-state index is 13.0. The van der Waals surface area contributed by atoms with E-state index in [9.17, 15) is 10.1 Å². The summed E-state index contributed by atoms with van der Waals surface area (Å²) in [5.74, 6) is 0.714. The van der Waals surface area contributed by atoms with Crippen LogP contribution in [-0.2, 0) is 28.9 Å². The molecule has 1 aliphatic heterocycles. The van der Waals surface area contributed by atoms with Gasteiger partial charge in [0.1, 0.15) is 11.1 Å². The highest BCUT2D eigenvalue weighted by atomic mass is 32.2. The smallest absolute Gasteiger partial charge is 0.238 e. The fourth-order valence-electron chi connectivity index (χ4n) is 4.02. The number of morpholine rings is 1. The van der Waals surface area contributed by atoms with E-state index in [-0.39, 0.29) is 11.2 Å². The van der Waals surface area contributed by atoms with Gasteiger partial charge in [0.2, 0.25) is 11.9 Å². The molecule has 1 atom stereocenters. The first kappa shape index (κ1) is 22.1. The number of rotatable bonds is 6. The van der Waals surface area contributed by atoms with Crippen LogP contribution >= 0.6 is 23.1 Å². The predicted molar refractivity (Wildman–Crippen MR) is 123 cm³/mol. The van der Waals surface area contributed by atoms with Gasteiger partial charge in [0, 0.05) is 24.5 Å². The zero-order valence-corrected chi connectivity index (χ0v) is 19.7. The third-order valence-corrected chi connectivity index (χ3v) is 8.02. The Morgan fingerprint density at radius 1 is 1.29 bits per heavy atom. The number of amides is 1. The summed E-state index contributed by atoms with van der Waals surface area (Å²) >= 11 is 2.97. The summed E-state index contributed by atoms with van der Waals surface area (Å²) < 4.78 is 7.48. The van der Waals surface area contributed by atoms with Crippen LogP contribution in [-0.4, -0.2) is 52.2 Å². The van der Waals surface area contributed by atoms with Crippen LogP contribution in [0.5, 0.6) is 0 Å². The summed E-state index contributed by atoms with van der Waals surface area (Å²) in [5.41, 5.74) is 1.79. The second-order valence-corrected chi connectivity index (χ2v) is 10.2. The number of aryl methyl sites for hydroxylation is 1. The van der Waals surface area contributed by atoms with Crippen LogP contribution in [0.4, 0.5) is 10.9 Å². The highest BCUT2D eigenvalue weighted by Gasteiger charge is 2.26. The minimum atomic E-state index is -0.361. The number of nitrogens with one attached hydrogen (secondary N) is 1. The van der Waals surface area contributed by atoms with Crippen molar-refractivity contribution in [1.29, 1.82) is 5.26 Å². The van der Waals surface area contributed by atoms with Crippen LogP contribution in [0.2, 0.25) is 0 Å². The van der Waals surface area contributed by atoms with Crippen LogP contribution in [0.25, 0.3) is 0 Å². The van der Waals surface area contributed by atoms with Crippen molar-refractivity contribution in [1.82, 2.24) is 14.8 Å². The number of nitriles is 1. The molecule has 166 valence electrons. The molecule has 1 amide bonds. The minimum absolute atomic E-state index is 0.114. The van der Waals surface area contributed by atoms with E-state index < -0.39 is 0 Å². The highest BCUT2D eigenvalue weighted by Crippen LogP contribution is 2.37. The molecule has 4 rings (SSSR count). The van der Waals surface area contributed by atoms with Gasteiger partial charge in [-0.2, -0.15) is 5.26 Å². The zero-order valence-electron chi connectivity index (χ0n) is 18.0. The number of fused-ring (bicyclic) bond motifs is 1. The van der Waals surface area contributed by atoms with Gasteiger partial charge in [-0.1, -0.05) is 18.2 Å². The molecule has 1 aliphatic carbocycles. The van der Waals surface area contributed by atoms with Gasteiger partial charge in [0.05, 0.1) is 24.0 Å². The van der Waals surface area contributed by atoms with Crippen LogP contribution in [0, 0.1) is 11.3 Å². The third-order valence-electron chi connectivity index (χ3n) is 5.73. The van der Waals surface area contributed by atoms with E-state index in [0.717, 1.165) is 62.0 Å². The Bertz CT molecular complexity index is 973. The van der Waals surface area contributed by atoms with Crippen molar-refractivity contribution >= 4 is 40.0 Å². The molecule has 2 aliphatic rings. The van der Waals surface area contributed by atoms with Crippen molar-refractivity contribution < 1.29 is 9.53 Å². The van der Waals surface area contributed by atoms with Crippen molar-refractivity contribution in [2.75, 3.05) is 36.5 Å². The summed E-state index contributed by atoms with van der Waals surface area (Å²) in [7, 11) is 0. The predicted octanol–water partition coefficient (Wildman–Crippen LogP) is 3.46. The number of ether oxygens (including phenoxy) is 1. The second-order valence-electron chi connectivity index (χ2n) is 7.76. The number of aromatic nitrogens is 3. The van der Waals surface area contributed by atoms with E-state index in [0.29, 0.717) is 23.8 Å². The van der Waals surface area contributed by atoms with Crippen molar-refractivity contribution in [3.63, 3.8) is 0 Å². The van der Waals surface area contributed by atoms with Gasteiger partial charge in [-0.15, -0.1) is 21.5 Å². The Morgan fingerprint density at radius 2 is 2.06 bits per heavy atom. The summed E-state index contributed by atoms with van der Waals surface area (Å²) in [5, 5.41) is 22.5. The lowest BCUT2D eigenvalue weighted by molar-refractivity contribution is -0.115. The molecule has 0 saturated carbocycles. The molecule has 1 saturated heterocycles. The largest absolute Gasteiger partial charge is 0.378 e. The zero-order chi connectivity index (χ0) is 21.8. The number of carbonyl (C=O) groups is 1. The number of thioether (sulfide) groups is 1. The van der Waals surface area contributed by atoms with Crippen molar-refractivity contribution in [2.45, 2.75) is 62.9 Å². The number of hydrogen-bond donors (Lipinski definition) is 1. The average molecular weight is 461 g/mol. The first-order chi connectivity index (χ1) is 15.1. The van der Waals surface area contributed by atoms with Gasteiger partial charge >= 0.3 is 0 Å². The molecule has 2 aromatic heterocycles. The molecule has 10 heteroatoms. The summed E-state index contributed by atoms with van der Waals surface area (Å²) in [6.07, 6.45) is 5.39. The SMILES string of the molecule is CCn1c(S[C@H](C)C(=O)Nc2sc3c(c2C#N)CCCCC3)nnc1N1CCOCC1. The van der Waals surface area contributed by atoms with E-state index in [1.54, 1.807) is 11.3 Å². The Balaban J connectivity index is 1.46. The molecule has 2 aromatic rings. The molecule has 0 unspecified atom stereocenters. The first-order valence-corrected chi connectivity index (χ1v) is 12.6. The molecule has 1 fully saturated rings. The van der Waals surface area contributed by atoms with Gasteiger partial charge in [-0.05, 0) is 45.1 Å². The van der Waals surface area contributed by atoms with E-state index in [2.05, 4.69) is 33.4 Å². The van der Waals surface area contributed by atoms with Crippen molar-refractivity contribution in [2.24, 2.45) is 0 Å². The Labute approximate surface area is 191 Å². The van der Waals surface area contributed by atoms with Crippen molar-refractivity contribution in [3.8, 4) is 6.07 Å². The van der Waals surface area contributed by atoms with Gasteiger partial charge in [0.15, 0.2) is 5.16 Å². The molecular formula is C21H28N6O2S2. The molecule has 0 spiro atoms. The molecule has 0 bridgehead atoms. The normalized spacial score (nSPS) is 17.5. The number of hydrogen-bond acceptors (Lipinski definition) is 8. The van der Waals surface area contributed by atoms with Crippen LogP contribution in [0.3, 0.4) is 0 Å². The third kappa shape index (κ3) is 4.73. The van der Waals surface area contributed by atoms with Crippen LogP contribution in [0.15, 0.2) is 5.16 Å². The maximum absolute atomic E-state index is 13.0. The number of anilines is 2. The molecule has 8 nitrogen and oxygen atoms in total. The number of thiophene rings is 1. The van der Waals surface area contributed by atoms with E-state index in [1.165, 1.54) is 23.1 Å². The highest BCUT2D eigenvalue weighted by molar-refractivity contribution is 8.00. The summed E-state index contributed by atoms with van der Waals surface area (Å²) in [4.78, 5) is 16.4. The first-order valence-electron chi connectivity index (χ1n) is 10.9. The molecular weight excluding hydrogens is 432 g/mol. The Morgan fingerprint density at radius 3 is 2.81 bits per heavy atom. The van der Waals surface area contributed by atoms with Gasteiger partial charge in [-0.3, -0.25) is 9.36 Å². The molecule has 3 heterocycles. The topological polar surface area (TPSA) is 96.1 Å². The lowest BCUT2D eigenvalue weighted by atomic mass is 10.1. The molecule has 1 N–H and O–H groups in total. The van der Waals surface area contributed by atoms with Crippen molar-refractivity contribution in [3.05, 3.63) is 16.0 Å². The van der Waals surface area contributed by atoms with Gasteiger partial charge in [-0.25, -0.2) is 0 Å². The summed E-state index contributed by atoms with van der Waals surface area (Å²) in [6, 6.07) is 2.33. The molecule has 31 heavy (non-hydrogen) atoms. The second kappa shape index (κ2) is 10.0. The number of nitrogens with zero attached hydrogens (tertiary/aromatic N) is 5. The molecule has 0 aromatic carbocycles. The monoisotopic (exact) mass is 460 g/mol. The maximum Gasteiger partial charge on any atom is 0.238 e. The minimum Gasteiger partial charge on any atom is -0.378 e. The summed E-state index contributed by atoms with van der Waals surface area (Å²) in [6.45, 7) is 7.60. The standard InChI is InChI=1S/C21H28N6O2S2/c1-3-27-20(26-9-11-29-12-10-26)24-25-21(27)30-14(2)18(28)23-19-16(13-22)15-7-5-4-6-8-17(15)31-19/h14H,3-12H2,1-2H3,(H,23,28)/t14-/m1/s1. The van der Waals surface area contributed by atoms with E-state index in [4.69, 9.17) is 4.74 Å². The van der Waals surface area contributed by atoms with Gasteiger partial charge < -0.3 is 15.0 Å². The average Bonchev–Trinajstić information content (AvgIpc) is 3.25. The lowest BCUT2D eigenvalue weighted by Crippen LogP contribution is -2.38. The number of carbonyl (C=O) groups excluding carboxylic acids is 1. The van der Waals surface area contributed by atoms with Crippen LogP contribution in [0.1, 0.15) is 49.1 Å². The fourth-order valence-corrected chi connectivity index (χ4v) is 6.17. The van der Waals surface area contributed by atoms with E-state index in [1.807, 2.05) is 11.5 Å². The quantitative estimate of drug-likeness (QED) is 0.521. The lowest BCUT2D eigenvalue weighted by Gasteiger charge is -2.27. The van der Waals surface area contributed by atoms with Crippen LogP contribution < -0.4 is 10.2 Å². The Kier molecular flexibility index (Phi) is 7.15. The Hall–Kier alpha value is -2.09. The molecule has 0 radical (unpaired) electrons. The van der Waals surface area contributed by atoms with Gasteiger partial charge in [0.25, 0.3) is 0 Å². The fraction of sp³-hybridized carbons (Fsp3) is 0.619.